The van der Waals surface area contributed by atoms with Gasteiger partial charge in [-0.1, -0.05) is 88.7 Å². The van der Waals surface area contributed by atoms with Gasteiger partial charge in [-0.25, -0.2) is 4.39 Å². The van der Waals surface area contributed by atoms with E-state index in [1.54, 1.807) is 6.07 Å². The molecule has 41 heavy (non-hydrogen) atoms. The Balaban J connectivity index is 0.00000287. The fraction of sp³-hybridized carbons (Fsp3) is 0.361. The van der Waals surface area contributed by atoms with E-state index < -0.39 is 11.8 Å². The van der Waals surface area contributed by atoms with Gasteiger partial charge in [0, 0.05) is 42.5 Å². The van der Waals surface area contributed by atoms with Gasteiger partial charge in [-0.05, 0) is 55.9 Å². The molecule has 1 N–H and O–H groups in total. The van der Waals surface area contributed by atoms with Crippen molar-refractivity contribution < 1.29 is 23.8 Å². The molecule has 1 atom stereocenters. The van der Waals surface area contributed by atoms with Gasteiger partial charge in [-0.3, -0.25) is 4.79 Å². The summed E-state index contributed by atoms with van der Waals surface area (Å²) in [6.45, 7) is 12.3. The minimum absolute atomic E-state index is 0.0987. The van der Waals surface area contributed by atoms with Crippen LogP contribution in [0.1, 0.15) is 96.3 Å². The second-order valence-electron chi connectivity index (χ2n) is 9.77. The van der Waals surface area contributed by atoms with E-state index in [2.05, 4.69) is 32.0 Å². The molecule has 0 fully saturated rings. The molecule has 1 unspecified atom stereocenters. The lowest BCUT2D eigenvalue weighted by Crippen LogP contribution is -2.01. The molecule has 0 aliphatic carbocycles. The van der Waals surface area contributed by atoms with E-state index in [4.69, 9.17) is 14.6 Å². The predicted octanol–water partition coefficient (Wildman–Crippen LogP) is 10.6. The van der Waals surface area contributed by atoms with Crippen LogP contribution in [0.4, 0.5) is 4.39 Å². The Morgan fingerprint density at radius 1 is 0.951 bits per heavy atom. The van der Waals surface area contributed by atoms with Crippen LogP contribution in [0.15, 0.2) is 90.2 Å². The molecule has 0 aliphatic heterocycles. The summed E-state index contributed by atoms with van der Waals surface area (Å²) in [7, 11) is 0. The minimum atomic E-state index is -0.787. The van der Waals surface area contributed by atoms with Crippen LogP contribution in [-0.4, -0.2) is 11.1 Å². The first-order valence-electron chi connectivity index (χ1n) is 14.7. The first-order chi connectivity index (χ1) is 19.8. The maximum absolute atomic E-state index is 14.7. The molecule has 5 heteroatoms. The molecule has 3 aromatic carbocycles. The van der Waals surface area contributed by atoms with Gasteiger partial charge in [0.25, 0.3) is 0 Å². The van der Waals surface area contributed by atoms with Crippen molar-refractivity contribution in [2.24, 2.45) is 0 Å². The van der Waals surface area contributed by atoms with Crippen molar-refractivity contribution in [1.29, 1.82) is 0 Å². The van der Waals surface area contributed by atoms with Crippen LogP contribution >= 0.6 is 0 Å². The monoisotopic (exact) mass is 560 g/mol. The van der Waals surface area contributed by atoms with Gasteiger partial charge in [-0.2, -0.15) is 0 Å². The number of rotatable bonds is 14. The van der Waals surface area contributed by atoms with Gasteiger partial charge in [0.2, 0.25) is 0 Å². The van der Waals surface area contributed by atoms with Crippen LogP contribution in [0.25, 0.3) is 0 Å². The number of allylic oxidation sites excluding steroid dienone is 3. The van der Waals surface area contributed by atoms with E-state index in [0.29, 0.717) is 42.3 Å². The average molecular weight is 561 g/mol. The van der Waals surface area contributed by atoms with Gasteiger partial charge in [-0.15, -0.1) is 0 Å². The van der Waals surface area contributed by atoms with Gasteiger partial charge in [0.15, 0.2) is 0 Å². The molecule has 0 saturated carbocycles. The summed E-state index contributed by atoms with van der Waals surface area (Å²) >= 11 is 0. The number of ether oxygens (including phenoxy) is 2. The topological polar surface area (TPSA) is 55.8 Å². The van der Waals surface area contributed by atoms with Crippen molar-refractivity contribution in [3.63, 3.8) is 0 Å². The lowest BCUT2D eigenvalue weighted by molar-refractivity contribution is -0.137. The van der Waals surface area contributed by atoms with Crippen molar-refractivity contribution in [3.8, 4) is 17.2 Å². The Kier molecular flexibility index (Phi) is 14.4. The zero-order chi connectivity index (χ0) is 30.2. The number of carboxylic acid groups (broad SMARTS) is 1. The Bertz CT molecular complexity index is 1290. The van der Waals surface area contributed by atoms with E-state index in [0.717, 1.165) is 24.0 Å². The van der Waals surface area contributed by atoms with Crippen LogP contribution in [0.2, 0.25) is 0 Å². The van der Waals surface area contributed by atoms with Crippen LogP contribution < -0.4 is 9.47 Å². The number of aryl methyl sites for hydroxylation is 1. The summed E-state index contributed by atoms with van der Waals surface area (Å²) in [6.07, 6.45) is 7.68. The number of aliphatic carboxylic acids is 1. The third kappa shape index (κ3) is 11.3. The molecule has 3 rings (SSSR count). The van der Waals surface area contributed by atoms with Crippen LogP contribution in [0.3, 0.4) is 0 Å². The lowest BCUT2D eigenvalue weighted by Gasteiger charge is -2.19. The number of benzene rings is 3. The fourth-order valence-electron chi connectivity index (χ4n) is 4.39. The SMILES string of the molecule is CC.CC/C=C(\C/C=C(/C)CCCC(=O)O)Oc1cc(F)cc(Oc2ccc(CC)cc2C(C)c2ccccc2)c1. The molecular formula is C36H45FO4. The Morgan fingerprint density at radius 3 is 2.32 bits per heavy atom. The Labute approximate surface area is 245 Å². The molecule has 0 aromatic heterocycles. The van der Waals surface area contributed by atoms with Crippen molar-refractivity contribution in [3.05, 3.63) is 113 Å². The molecule has 3 aromatic rings. The van der Waals surface area contributed by atoms with Crippen LogP contribution in [0, 0.1) is 5.82 Å². The minimum Gasteiger partial charge on any atom is -0.481 e. The molecule has 0 heterocycles. The van der Waals surface area contributed by atoms with Gasteiger partial charge in [0.1, 0.15) is 28.8 Å². The third-order valence-electron chi connectivity index (χ3n) is 6.62. The molecular weight excluding hydrogens is 515 g/mol. The van der Waals surface area contributed by atoms with Gasteiger partial charge < -0.3 is 14.6 Å². The summed E-state index contributed by atoms with van der Waals surface area (Å²) < 4.78 is 27.1. The van der Waals surface area contributed by atoms with Crippen molar-refractivity contribution >= 4 is 5.97 Å². The molecule has 4 nitrogen and oxygen atoms in total. The highest BCUT2D eigenvalue weighted by Gasteiger charge is 2.16. The molecule has 0 spiro atoms. The highest BCUT2D eigenvalue weighted by atomic mass is 19.1. The quantitative estimate of drug-likeness (QED) is 0.157. The first-order valence-corrected chi connectivity index (χ1v) is 14.7. The fourth-order valence-corrected chi connectivity index (χ4v) is 4.39. The second-order valence-corrected chi connectivity index (χ2v) is 9.77. The third-order valence-corrected chi connectivity index (χ3v) is 6.62. The molecule has 0 radical (unpaired) electrons. The molecule has 0 saturated heterocycles. The maximum atomic E-state index is 14.7. The van der Waals surface area contributed by atoms with Crippen molar-refractivity contribution in [2.45, 2.75) is 86.0 Å². The Hall–Kier alpha value is -3.86. The Morgan fingerprint density at radius 2 is 1.66 bits per heavy atom. The number of carboxylic acids is 1. The predicted molar refractivity (Wildman–Crippen MR) is 166 cm³/mol. The summed E-state index contributed by atoms with van der Waals surface area (Å²) in [5, 5.41) is 8.84. The number of carbonyl (C=O) groups is 1. The van der Waals surface area contributed by atoms with E-state index >= 15 is 0 Å². The maximum Gasteiger partial charge on any atom is 0.303 e. The molecule has 0 aliphatic rings. The largest absolute Gasteiger partial charge is 0.481 e. The van der Waals surface area contributed by atoms with E-state index in [-0.39, 0.29) is 12.3 Å². The first kappa shape index (κ1) is 33.3. The molecule has 0 amide bonds. The number of hydrogen-bond donors (Lipinski definition) is 1. The smallest absolute Gasteiger partial charge is 0.303 e. The van der Waals surface area contributed by atoms with E-state index in [1.807, 2.05) is 70.2 Å². The highest BCUT2D eigenvalue weighted by molar-refractivity contribution is 5.66. The summed E-state index contributed by atoms with van der Waals surface area (Å²) in [6, 6.07) is 20.9. The van der Waals surface area contributed by atoms with Gasteiger partial charge in [0.05, 0.1) is 0 Å². The molecule has 0 bridgehead atoms. The number of hydrogen-bond acceptors (Lipinski definition) is 3. The zero-order valence-electron chi connectivity index (χ0n) is 25.4. The summed E-state index contributed by atoms with van der Waals surface area (Å²) in [5.41, 5.74) is 4.53. The van der Waals surface area contributed by atoms with Crippen molar-refractivity contribution in [2.75, 3.05) is 0 Å². The summed E-state index contributed by atoms with van der Waals surface area (Å²) in [5.74, 6) is 0.992. The summed E-state index contributed by atoms with van der Waals surface area (Å²) in [4.78, 5) is 10.8. The van der Waals surface area contributed by atoms with Crippen molar-refractivity contribution in [1.82, 2.24) is 0 Å². The average Bonchev–Trinajstić information content (AvgIpc) is 2.97. The number of halogens is 1. The second kappa shape index (κ2) is 17.8. The zero-order valence-corrected chi connectivity index (χ0v) is 25.4. The lowest BCUT2D eigenvalue weighted by atomic mass is 9.91. The van der Waals surface area contributed by atoms with Crippen LogP contribution in [0.5, 0.6) is 17.2 Å². The molecule has 220 valence electrons. The highest BCUT2D eigenvalue weighted by Crippen LogP contribution is 2.36. The normalized spacial score (nSPS) is 12.3. The standard InChI is InChI=1S/C34H39FO4.C2H6/c1-5-11-29(18-16-24(3)12-10-15-34(36)37)38-30-21-28(35)22-31(23-30)39-33-19-17-26(6-2)20-32(33)25(4)27-13-8-7-9-14-27;1-2/h7-9,11,13-14,16-17,19-23,25H,5-6,10,12,15,18H2,1-4H3,(H,36,37);1-2H3/b24-16-,29-11+;. The van der Waals surface area contributed by atoms with Crippen LogP contribution in [-0.2, 0) is 11.2 Å². The van der Waals surface area contributed by atoms with E-state index in [9.17, 15) is 9.18 Å². The van der Waals surface area contributed by atoms with Gasteiger partial charge >= 0.3 is 5.97 Å². The van der Waals surface area contributed by atoms with E-state index in [1.165, 1.54) is 23.3 Å².